The summed E-state index contributed by atoms with van der Waals surface area (Å²) in [6.45, 7) is 0. The predicted octanol–water partition coefficient (Wildman–Crippen LogP) is 6.20. The van der Waals surface area contributed by atoms with E-state index in [2.05, 4.69) is 78.5 Å². The summed E-state index contributed by atoms with van der Waals surface area (Å²) in [7, 11) is 1.41. The van der Waals surface area contributed by atoms with E-state index in [0.717, 1.165) is 43.0 Å². The normalized spacial score (nSPS) is 11.4. The van der Waals surface area contributed by atoms with Crippen LogP contribution in [0.1, 0.15) is 44.9 Å². The standard InChI is InChI=1S/C21H24Br2O2/c1-25-21(24)18-14-13-17-20(23)16-12-10-8-6-4-2-3-5-7-9-11-15-19-22/h4-7,15,17,19H,2-3,12-14,16,18H2,1H3/b6-4+,7-5+,19-15+,20-17-. The Labute approximate surface area is 168 Å². The van der Waals surface area contributed by atoms with Gasteiger partial charge in [0.2, 0.25) is 0 Å². The molecule has 25 heavy (non-hydrogen) atoms. The Balaban J connectivity index is 3.75. The van der Waals surface area contributed by atoms with Crippen molar-refractivity contribution in [3.8, 4) is 23.7 Å². The van der Waals surface area contributed by atoms with Crippen molar-refractivity contribution in [1.82, 2.24) is 0 Å². The molecule has 0 spiro atoms. The molecule has 0 N–H and O–H groups in total. The zero-order valence-corrected chi connectivity index (χ0v) is 17.7. The van der Waals surface area contributed by atoms with Crippen LogP contribution in [0, 0.1) is 23.7 Å². The Kier molecular flexibility index (Phi) is 17.7. The summed E-state index contributed by atoms with van der Waals surface area (Å²) >= 11 is 6.69. The number of unbranched alkanes of at least 4 members (excludes halogenated alkanes) is 2. The highest BCUT2D eigenvalue weighted by Crippen LogP contribution is 2.14. The van der Waals surface area contributed by atoms with Crippen LogP contribution in [0.3, 0.4) is 0 Å². The summed E-state index contributed by atoms with van der Waals surface area (Å²) in [6, 6.07) is 0. The van der Waals surface area contributed by atoms with Crippen LogP contribution in [0.4, 0.5) is 0 Å². The number of hydrogen-bond acceptors (Lipinski definition) is 2. The molecule has 0 aliphatic rings. The molecule has 0 rings (SSSR count). The van der Waals surface area contributed by atoms with Crippen molar-refractivity contribution in [3.63, 3.8) is 0 Å². The van der Waals surface area contributed by atoms with E-state index in [4.69, 9.17) is 0 Å². The first-order valence-electron chi connectivity index (χ1n) is 8.16. The van der Waals surface area contributed by atoms with Crippen LogP contribution in [-0.4, -0.2) is 13.1 Å². The van der Waals surface area contributed by atoms with Gasteiger partial charge in [0.15, 0.2) is 0 Å². The summed E-state index contributed by atoms with van der Waals surface area (Å²) in [6.07, 6.45) is 17.5. The molecule has 0 aromatic carbocycles. The van der Waals surface area contributed by atoms with E-state index in [0.29, 0.717) is 6.42 Å². The van der Waals surface area contributed by atoms with Gasteiger partial charge >= 0.3 is 5.97 Å². The minimum atomic E-state index is -0.155. The average Bonchev–Trinajstić information content (AvgIpc) is 2.62. The molecule has 0 atom stereocenters. The molecule has 4 heteroatoms. The Hall–Kier alpha value is -1.49. The first kappa shape index (κ1) is 23.5. The molecule has 0 saturated carbocycles. The molecule has 0 aromatic rings. The molecule has 134 valence electrons. The van der Waals surface area contributed by atoms with Crippen molar-refractivity contribution in [3.05, 3.63) is 45.9 Å². The second-order valence-electron chi connectivity index (χ2n) is 4.90. The van der Waals surface area contributed by atoms with E-state index in [1.165, 1.54) is 7.11 Å². The number of carbonyl (C=O) groups excluding carboxylic acids is 1. The lowest BCUT2D eigenvalue weighted by Gasteiger charge is -1.97. The Bertz CT molecular complexity index is 605. The van der Waals surface area contributed by atoms with E-state index < -0.39 is 0 Å². The van der Waals surface area contributed by atoms with Crippen LogP contribution >= 0.6 is 31.9 Å². The quantitative estimate of drug-likeness (QED) is 0.229. The van der Waals surface area contributed by atoms with Crippen LogP contribution in [-0.2, 0) is 9.53 Å². The Morgan fingerprint density at radius 2 is 1.68 bits per heavy atom. The lowest BCUT2D eigenvalue weighted by atomic mass is 10.2. The van der Waals surface area contributed by atoms with E-state index in [1.54, 1.807) is 11.1 Å². The number of rotatable bonds is 9. The Morgan fingerprint density at radius 3 is 2.36 bits per heavy atom. The molecular weight excluding hydrogens is 444 g/mol. The minimum absolute atomic E-state index is 0.155. The molecule has 0 saturated heterocycles. The van der Waals surface area contributed by atoms with Crippen LogP contribution in [0.25, 0.3) is 0 Å². The number of allylic oxidation sites excluding steroid dienone is 7. The predicted molar refractivity (Wildman–Crippen MR) is 113 cm³/mol. The third-order valence-corrected chi connectivity index (χ3v) is 3.89. The molecule has 0 fully saturated rings. The first-order chi connectivity index (χ1) is 12.2. The minimum Gasteiger partial charge on any atom is -0.469 e. The summed E-state index contributed by atoms with van der Waals surface area (Å²) in [4.78, 5) is 12.7. The van der Waals surface area contributed by atoms with E-state index in [9.17, 15) is 4.79 Å². The molecular formula is C21H24Br2O2. The molecule has 0 aliphatic heterocycles. The summed E-state index contributed by atoms with van der Waals surface area (Å²) in [5.74, 6) is 11.8. The maximum Gasteiger partial charge on any atom is 0.305 e. The fraction of sp³-hybridized carbons (Fsp3) is 0.381. The maximum absolute atomic E-state index is 11.0. The highest BCUT2D eigenvalue weighted by Gasteiger charge is 1.98. The van der Waals surface area contributed by atoms with Crippen LogP contribution in [0.15, 0.2) is 45.9 Å². The summed E-state index contributed by atoms with van der Waals surface area (Å²) in [5, 5.41) is 0. The van der Waals surface area contributed by atoms with Gasteiger partial charge in [0.25, 0.3) is 0 Å². The number of hydrogen-bond donors (Lipinski definition) is 0. The first-order valence-corrected chi connectivity index (χ1v) is 9.87. The summed E-state index contributed by atoms with van der Waals surface area (Å²) in [5.41, 5.74) is 0. The largest absolute Gasteiger partial charge is 0.469 e. The van der Waals surface area contributed by atoms with Gasteiger partial charge in [0.05, 0.1) is 7.11 Å². The SMILES string of the molecule is COC(=O)CCC/C=C(\Br)CCC#C/C=C/CC/C=C/C#C/C=C/Br. The molecule has 0 bridgehead atoms. The van der Waals surface area contributed by atoms with E-state index >= 15 is 0 Å². The van der Waals surface area contributed by atoms with Crippen LogP contribution in [0.2, 0.25) is 0 Å². The van der Waals surface area contributed by atoms with Crippen molar-refractivity contribution in [2.24, 2.45) is 0 Å². The second-order valence-corrected chi connectivity index (χ2v) is 6.45. The van der Waals surface area contributed by atoms with Gasteiger partial charge in [-0.25, -0.2) is 0 Å². The Morgan fingerprint density at radius 1 is 1.00 bits per heavy atom. The second kappa shape index (κ2) is 18.8. The van der Waals surface area contributed by atoms with Gasteiger partial charge in [-0.3, -0.25) is 4.79 Å². The smallest absolute Gasteiger partial charge is 0.305 e. The maximum atomic E-state index is 11.0. The average molecular weight is 468 g/mol. The van der Waals surface area contributed by atoms with Gasteiger partial charge in [0.1, 0.15) is 0 Å². The fourth-order valence-electron chi connectivity index (χ4n) is 1.63. The molecule has 2 nitrogen and oxygen atoms in total. The van der Waals surface area contributed by atoms with Gasteiger partial charge < -0.3 is 4.74 Å². The number of halogens is 2. The van der Waals surface area contributed by atoms with Crippen LogP contribution < -0.4 is 0 Å². The van der Waals surface area contributed by atoms with Crippen molar-refractivity contribution in [1.29, 1.82) is 0 Å². The lowest BCUT2D eigenvalue weighted by molar-refractivity contribution is -0.140. The number of carbonyl (C=O) groups is 1. The highest BCUT2D eigenvalue weighted by atomic mass is 79.9. The summed E-state index contributed by atoms with van der Waals surface area (Å²) < 4.78 is 5.74. The van der Waals surface area contributed by atoms with Crippen molar-refractivity contribution >= 4 is 37.8 Å². The molecule has 0 aromatic heterocycles. The monoisotopic (exact) mass is 466 g/mol. The molecule has 0 heterocycles. The molecule has 0 unspecified atom stereocenters. The molecule has 0 aliphatic carbocycles. The highest BCUT2D eigenvalue weighted by molar-refractivity contribution is 9.11. The number of methoxy groups -OCH3 is 1. The third kappa shape index (κ3) is 18.7. The zero-order valence-electron chi connectivity index (χ0n) is 14.6. The van der Waals surface area contributed by atoms with Gasteiger partial charge in [-0.15, -0.1) is 0 Å². The topological polar surface area (TPSA) is 26.3 Å². The van der Waals surface area contributed by atoms with Gasteiger partial charge in [-0.05, 0) is 59.8 Å². The fourth-order valence-corrected chi connectivity index (χ4v) is 2.19. The zero-order chi connectivity index (χ0) is 18.6. The third-order valence-electron chi connectivity index (χ3n) is 2.90. The van der Waals surface area contributed by atoms with Gasteiger partial charge in [0, 0.05) is 12.8 Å². The van der Waals surface area contributed by atoms with Crippen LogP contribution in [0.5, 0.6) is 0 Å². The van der Waals surface area contributed by atoms with Gasteiger partial charge in [-0.2, -0.15) is 0 Å². The van der Waals surface area contributed by atoms with Crippen molar-refractivity contribution in [2.75, 3.05) is 7.11 Å². The van der Waals surface area contributed by atoms with E-state index in [-0.39, 0.29) is 5.97 Å². The van der Waals surface area contributed by atoms with Gasteiger partial charge in [-0.1, -0.05) is 73.8 Å². The van der Waals surface area contributed by atoms with Crippen molar-refractivity contribution in [2.45, 2.75) is 44.9 Å². The number of esters is 1. The molecule has 0 amide bonds. The van der Waals surface area contributed by atoms with Crippen molar-refractivity contribution < 1.29 is 9.53 Å². The number of ether oxygens (including phenoxy) is 1. The van der Waals surface area contributed by atoms with E-state index in [1.807, 2.05) is 12.2 Å². The molecule has 0 radical (unpaired) electrons. The lowest BCUT2D eigenvalue weighted by Crippen LogP contribution is -1.98.